The van der Waals surface area contributed by atoms with E-state index < -0.39 is 0 Å². The average Bonchev–Trinajstić information content (AvgIpc) is 2.09. The summed E-state index contributed by atoms with van der Waals surface area (Å²) in [6, 6.07) is 0. The van der Waals surface area contributed by atoms with Gasteiger partial charge in [0.05, 0.1) is 0 Å². The monoisotopic (exact) mass is 188 g/mol. The maximum Gasteiger partial charge on any atom is 0.0105 e. The van der Waals surface area contributed by atoms with E-state index >= 15 is 0 Å². The summed E-state index contributed by atoms with van der Waals surface area (Å²) in [6.07, 6.45) is 2.72. The van der Waals surface area contributed by atoms with Gasteiger partial charge in [-0.2, -0.15) is 11.8 Å². The number of nitrogens with two attached hydrogens (primary N) is 1. The van der Waals surface area contributed by atoms with E-state index in [9.17, 15) is 0 Å². The number of rotatable bonds is 4. The zero-order valence-corrected chi connectivity index (χ0v) is 8.78. The normalized spacial score (nSPS) is 21.5. The summed E-state index contributed by atoms with van der Waals surface area (Å²) in [5, 5.41) is 0.920. The number of nitrogens with zero attached hydrogens (tertiary/aromatic N) is 1. The van der Waals surface area contributed by atoms with E-state index in [1.54, 1.807) is 0 Å². The minimum Gasteiger partial charge on any atom is -0.329 e. The molecule has 0 bridgehead atoms. The largest absolute Gasteiger partial charge is 0.329 e. The topological polar surface area (TPSA) is 29.3 Å². The Kier molecular flexibility index (Phi) is 5.04. The first-order valence-electron chi connectivity index (χ1n) is 4.90. The number of hydrogen-bond donors (Lipinski definition) is 1. The highest BCUT2D eigenvalue weighted by Crippen LogP contribution is 2.22. The maximum atomic E-state index is 5.51. The lowest BCUT2D eigenvalue weighted by Crippen LogP contribution is -2.37. The molecule has 0 amide bonds. The fourth-order valence-electron chi connectivity index (χ4n) is 1.72. The average molecular weight is 188 g/mol. The molecule has 1 saturated heterocycles. The summed E-state index contributed by atoms with van der Waals surface area (Å²) in [5.74, 6) is 1.27. The van der Waals surface area contributed by atoms with Gasteiger partial charge in [-0.05, 0) is 31.7 Å². The van der Waals surface area contributed by atoms with Gasteiger partial charge in [-0.3, -0.25) is 0 Å². The Morgan fingerprint density at radius 2 is 2.08 bits per heavy atom. The lowest BCUT2D eigenvalue weighted by Gasteiger charge is -2.30. The van der Waals surface area contributed by atoms with Gasteiger partial charge < -0.3 is 10.6 Å². The van der Waals surface area contributed by atoms with E-state index in [1.807, 2.05) is 0 Å². The van der Waals surface area contributed by atoms with Crippen molar-refractivity contribution in [3.63, 3.8) is 0 Å². The van der Waals surface area contributed by atoms with Gasteiger partial charge in [0.2, 0.25) is 0 Å². The van der Waals surface area contributed by atoms with Crippen LogP contribution in [0.2, 0.25) is 0 Å². The van der Waals surface area contributed by atoms with Crippen molar-refractivity contribution in [3.05, 3.63) is 0 Å². The summed E-state index contributed by atoms with van der Waals surface area (Å²) < 4.78 is 0. The minimum atomic E-state index is 0.811. The van der Waals surface area contributed by atoms with Gasteiger partial charge in [-0.1, -0.05) is 6.92 Å². The quantitative estimate of drug-likeness (QED) is 0.718. The third kappa shape index (κ3) is 3.33. The van der Waals surface area contributed by atoms with Crippen LogP contribution in [0.15, 0.2) is 0 Å². The predicted molar refractivity (Wildman–Crippen MR) is 56.6 cm³/mol. The molecule has 0 aromatic rings. The Morgan fingerprint density at radius 1 is 1.42 bits per heavy atom. The Hall–Kier alpha value is 0.270. The highest BCUT2D eigenvalue weighted by molar-refractivity contribution is 7.99. The maximum absolute atomic E-state index is 5.51. The molecule has 1 rings (SSSR count). The summed E-state index contributed by atoms with van der Waals surface area (Å²) >= 11 is 2.11. The number of likely N-dealkylation sites (tertiary alicyclic amines) is 1. The fraction of sp³-hybridized carbons (Fsp3) is 1.00. The van der Waals surface area contributed by atoms with Crippen LogP contribution >= 0.6 is 11.8 Å². The fourth-order valence-corrected chi connectivity index (χ4v) is 2.73. The van der Waals surface area contributed by atoms with E-state index in [0.717, 1.165) is 18.3 Å². The second-order valence-corrected chi connectivity index (χ2v) is 4.86. The van der Waals surface area contributed by atoms with Crippen molar-refractivity contribution in [3.8, 4) is 0 Å². The molecule has 2 nitrogen and oxygen atoms in total. The molecule has 0 atom stereocenters. The van der Waals surface area contributed by atoms with Gasteiger partial charge in [0.25, 0.3) is 0 Å². The van der Waals surface area contributed by atoms with Crippen LogP contribution in [0.3, 0.4) is 0 Å². The van der Waals surface area contributed by atoms with Gasteiger partial charge in [0.15, 0.2) is 0 Å². The number of thioether (sulfide) groups is 1. The molecule has 2 N–H and O–H groups in total. The van der Waals surface area contributed by atoms with E-state index in [4.69, 9.17) is 5.73 Å². The molecule has 3 heteroatoms. The van der Waals surface area contributed by atoms with Crippen LogP contribution < -0.4 is 5.73 Å². The molecule has 1 aliphatic heterocycles. The first-order valence-corrected chi connectivity index (χ1v) is 5.95. The molecule has 0 unspecified atom stereocenters. The second-order valence-electron chi connectivity index (χ2n) is 3.29. The molecule has 1 fully saturated rings. The summed E-state index contributed by atoms with van der Waals surface area (Å²) in [6.45, 7) is 6.66. The Morgan fingerprint density at radius 3 is 2.58 bits per heavy atom. The lowest BCUT2D eigenvalue weighted by molar-refractivity contribution is 0.239. The molecule has 12 heavy (non-hydrogen) atoms. The minimum absolute atomic E-state index is 0.811. The molecular formula is C9H20N2S. The van der Waals surface area contributed by atoms with Crippen molar-refractivity contribution < 1.29 is 0 Å². The Balaban J connectivity index is 2.11. The molecular weight excluding hydrogens is 168 g/mol. The van der Waals surface area contributed by atoms with Gasteiger partial charge in [0.1, 0.15) is 0 Å². The van der Waals surface area contributed by atoms with Crippen molar-refractivity contribution in [1.82, 2.24) is 4.90 Å². The Labute approximate surface area is 79.9 Å². The van der Waals surface area contributed by atoms with Gasteiger partial charge in [-0.25, -0.2) is 0 Å². The van der Waals surface area contributed by atoms with E-state index in [2.05, 4.69) is 23.6 Å². The molecule has 1 heterocycles. The first kappa shape index (κ1) is 10.4. The standard InChI is InChI=1S/C9H20N2S/c1-2-12-9-3-6-11(7-4-9)8-5-10/h9H,2-8,10H2,1H3. The zero-order valence-electron chi connectivity index (χ0n) is 7.96. The van der Waals surface area contributed by atoms with Crippen molar-refractivity contribution in [2.45, 2.75) is 25.0 Å². The summed E-state index contributed by atoms with van der Waals surface area (Å²) in [5.41, 5.74) is 5.51. The zero-order chi connectivity index (χ0) is 8.81. The van der Waals surface area contributed by atoms with Crippen molar-refractivity contribution in [2.75, 3.05) is 31.9 Å². The van der Waals surface area contributed by atoms with E-state index in [1.165, 1.54) is 31.7 Å². The van der Waals surface area contributed by atoms with Crippen LogP contribution in [0, 0.1) is 0 Å². The summed E-state index contributed by atoms with van der Waals surface area (Å²) in [4.78, 5) is 2.48. The molecule has 1 aliphatic rings. The van der Waals surface area contributed by atoms with Crippen molar-refractivity contribution in [1.29, 1.82) is 0 Å². The number of hydrogen-bond acceptors (Lipinski definition) is 3. The number of piperidine rings is 1. The van der Waals surface area contributed by atoms with Crippen LogP contribution in [0.25, 0.3) is 0 Å². The third-order valence-electron chi connectivity index (χ3n) is 2.38. The van der Waals surface area contributed by atoms with Gasteiger partial charge >= 0.3 is 0 Å². The molecule has 0 spiro atoms. The second kappa shape index (κ2) is 5.84. The first-order chi connectivity index (χ1) is 5.86. The predicted octanol–water partition coefficient (Wildman–Crippen LogP) is 1.16. The van der Waals surface area contributed by atoms with Gasteiger partial charge in [-0.15, -0.1) is 0 Å². The van der Waals surface area contributed by atoms with Crippen LogP contribution in [0.1, 0.15) is 19.8 Å². The summed E-state index contributed by atoms with van der Waals surface area (Å²) in [7, 11) is 0. The van der Waals surface area contributed by atoms with Crippen LogP contribution in [-0.2, 0) is 0 Å². The molecule has 72 valence electrons. The third-order valence-corrected chi connectivity index (χ3v) is 3.66. The Bertz CT molecular complexity index is 97.1. The highest BCUT2D eigenvalue weighted by Gasteiger charge is 2.17. The molecule has 0 aliphatic carbocycles. The SMILES string of the molecule is CCSC1CCN(CCN)CC1. The van der Waals surface area contributed by atoms with E-state index in [-0.39, 0.29) is 0 Å². The van der Waals surface area contributed by atoms with Crippen molar-refractivity contribution in [2.24, 2.45) is 5.73 Å². The molecule has 0 aromatic carbocycles. The molecule has 0 aromatic heterocycles. The van der Waals surface area contributed by atoms with Crippen LogP contribution in [-0.4, -0.2) is 42.1 Å². The van der Waals surface area contributed by atoms with E-state index in [0.29, 0.717) is 0 Å². The molecule has 0 saturated carbocycles. The highest BCUT2D eigenvalue weighted by atomic mass is 32.2. The lowest BCUT2D eigenvalue weighted by atomic mass is 10.1. The molecule has 0 radical (unpaired) electrons. The van der Waals surface area contributed by atoms with Crippen LogP contribution in [0.5, 0.6) is 0 Å². The van der Waals surface area contributed by atoms with Crippen molar-refractivity contribution >= 4 is 11.8 Å². The van der Waals surface area contributed by atoms with Gasteiger partial charge in [0, 0.05) is 18.3 Å². The smallest absolute Gasteiger partial charge is 0.0105 e. The van der Waals surface area contributed by atoms with Crippen LogP contribution in [0.4, 0.5) is 0 Å².